The molecule has 3 heterocycles. The predicted molar refractivity (Wildman–Crippen MR) is 135 cm³/mol. The van der Waals surface area contributed by atoms with Crippen LogP contribution in [0.5, 0.6) is 0 Å². The monoisotopic (exact) mass is 585 g/mol. The number of carbonyl (C=O) groups excluding carboxylic acids is 2. The molecule has 1 amide bonds. The van der Waals surface area contributed by atoms with E-state index in [9.17, 15) is 27.2 Å². The van der Waals surface area contributed by atoms with Gasteiger partial charge in [0.2, 0.25) is 12.3 Å². The van der Waals surface area contributed by atoms with Crippen LogP contribution in [-0.4, -0.2) is 49.5 Å². The highest BCUT2D eigenvalue weighted by molar-refractivity contribution is 5.93. The maximum absolute atomic E-state index is 15.8. The van der Waals surface area contributed by atoms with Gasteiger partial charge in [0.15, 0.2) is 17.2 Å². The minimum absolute atomic E-state index is 0.0619. The molecule has 1 saturated carbocycles. The number of esters is 1. The Morgan fingerprint density at radius 3 is 2.51 bits per heavy atom. The molecule has 1 fully saturated rings. The zero-order valence-electron chi connectivity index (χ0n) is 23.1. The second kappa shape index (κ2) is 11.7. The van der Waals surface area contributed by atoms with E-state index in [1.54, 1.807) is 27.7 Å². The minimum Gasteiger partial charge on any atom is -0.459 e. The Bertz CT molecular complexity index is 1390. The van der Waals surface area contributed by atoms with Gasteiger partial charge >= 0.3 is 5.97 Å². The van der Waals surface area contributed by atoms with Crippen LogP contribution in [0.25, 0.3) is 5.65 Å². The van der Waals surface area contributed by atoms with Crippen molar-refractivity contribution in [1.82, 2.24) is 25.0 Å². The smallest absolute Gasteiger partial charge is 0.314 e. The van der Waals surface area contributed by atoms with Crippen LogP contribution in [0.1, 0.15) is 99.2 Å². The van der Waals surface area contributed by atoms with Crippen molar-refractivity contribution in [3.63, 3.8) is 0 Å². The summed E-state index contributed by atoms with van der Waals surface area (Å²) in [6, 6.07) is 0.291. The summed E-state index contributed by atoms with van der Waals surface area (Å²) in [6.45, 7) is 6.45. The summed E-state index contributed by atoms with van der Waals surface area (Å²) in [5.41, 5.74) is -1.18. The largest absolute Gasteiger partial charge is 0.459 e. The van der Waals surface area contributed by atoms with Crippen molar-refractivity contribution < 1.29 is 40.9 Å². The number of imidazole rings is 1. The average molecular weight is 586 g/mol. The van der Waals surface area contributed by atoms with E-state index in [1.165, 1.54) is 22.9 Å². The lowest BCUT2D eigenvalue weighted by Gasteiger charge is -2.33. The summed E-state index contributed by atoms with van der Waals surface area (Å²) < 4.78 is 81.8. The topological polar surface area (TPSA) is 112 Å². The molecule has 3 aromatic rings. The molecule has 14 heteroatoms. The van der Waals surface area contributed by atoms with Crippen LogP contribution >= 0.6 is 0 Å². The van der Waals surface area contributed by atoms with Crippen LogP contribution < -0.4 is 5.32 Å². The van der Waals surface area contributed by atoms with Crippen LogP contribution in [0, 0.1) is 11.7 Å². The highest BCUT2D eigenvalue weighted by Gasteiger charge is 2.40. The Hall–Kier alpha value is -3.58. The molecule has 3 aromatic heterocycles. The molecule has 2 unspecified atom stereocenters. The molecule has 0 aliphatic heterocycles. The van der Waals surface area contributed by atoms with Gasteiger partial charge in [0.1, 0.15) is 11.3 Å². The molecule has 9 nitrogen and oxygen atoms in total. The van der Waals surface area contributed by atoms with Gasteiger partial charge in [0.05, 0.1) is 17.7 Å². The van der Waals surface area contributed by atoms with Crippen molar-refractivity contribution in [2.24, 2.45) is 5.92 Å². The van der Waals surface area contributed by atoms with E-state index in [0.29, 0.717) is 12.1 Å². The standard InChI is InChI=1S/C27H32F5N5O4/c1-5-17-22(36-41-35-17)24(38)34-21(14-6-9-27(31,32)10-7-14)18-13-37-11-8-15(20(30)23(37)33-18)16(12-19(28)29)25(39)40-26(2,3)4/h8,11,13-14,16,19,21H,5-7,9-10,12H2,1-4H3,(H,34,38). The maximum Gasteiger partial charge on any atom is 0.314 e. The van der Waals surface area contributed by atoms with Gasteiger partial charge in [-0.2, -0.15) is 0 Å². The molecule has 0 radical (unpaired) electrons. The van der Waals surface area contributed by atoms with Gasteiger partial charge < -0.3 is 14.5 Å². The normalized spacial score (nSPS) is 17.5. The second-order valence-corrected chi connectivity index (χ2v) is 11.3. The third kappa shape index (κ3) is 7.02. The number of hydrogen-bond acceptors (Lipinski definition) is 7. The summed E-state index contributed by atoms with van der Waals surface area (Å²) in [6.07, 6.45) is -1.41. The Balaban J connectivity index is 1.72. The molecule has 224 valence electrons. The number of halogens is 5. The number of aromatic nitrogens is 4. The fraction of sp³-hybridized carbons (Fsp3) is 0.593. The van der Waals surface area contributed by atoms with E-state index in [4.69, 9.17) is 4.74 Å². The number of nitrogens with one attached hydrogen (secondary N) is 1. The van der Waals surface area contributed by atoms with Crippen molar-refractivity contribution in [3.05, 3.63) is 46.9 Å². The number of fused-ring (bicyclic) bond motifs is 1. The first-order valence-electron chi connectivity index (χ1n) is 13.4. The number of amides is 1. The van der Waals surface area contributed by atoms with Gasteiger partial charge in [0.25, 0.3) is 5.91 Å². The fourth-order valence-corrected chi connectivity index (χ4v) is 5.02. The first-order chi connectivity index (χ1) is 19.2. The van der Waals surface area contributed by atoms with E-state index in [2.05, 4.69) is 25.2 Å². The Kier molecular flexibility index (Phi) is 8.69. The highest BCUT2D eigenvalue weighted by atomic mass is 19.3. The first kappa shape index (κ1) is 30.4. The summed E-state index contributed by atoms with van der Waals surface area (Å²) >= 11 is 0. The molecule has 0 aromatic carbocycles. The minimum atomic E-state index is -2.92. The molecule has 1 aliphatic rings. The number of rotatable bonds is 9. The molecule has 2 atom stereocenters. The predicted octanol–water partition coefficient (Wildman–Crippen LogP) is 5.80. The van der Waals surface area contributed by atoms with Crippen molar-refractivity contribution in [3.8, 4) is 0 Å². The first-order valence-corrected chi connectivity index (χ1v) is 13.4. The Labute approximate surface area is 232 Å². The van der Waals surface area contributed by atoms with Crippen molar-refractivity contribution in [2.45, 2.75) is 96.1 Å². The molecule has 4 rings (SSSR count). The van der Waals surface area contributed by atoms with Crippen LogP contribution in [0.4, 0.5) is 22.0 Å². The second-order valence-electron chi connectivity index (χ2n) is 11.3. The van der Waals surface area contributed by atoms with Gasteiger partial charge in [-0.15, -0.1) is 0 Å². The van der Waals surface area contributed by atoms with E-state index in [0.717, 1.165) is 0 Å². The molecule has 0 spiro atoms. The lowest BCUT2D eigenvalue weighted by molar-refractivity contribution is -0.158. The van der Waals surface area contributed by atoms with Gasteiger partial charge in [-0.05, 0) is 57.2 Å². The fourth-order valence-electron chi connectivity index (χ4n) is 5.02. The quantitative estimate of drug-likeness (QED) is 0.250. The third-order valence-electron chi connectivity index (χ3n) is 7.04. The number of carbonyl (C=O) groups is 2. The lowest BCUT2D eigenvalue weighted by Crippen LogP contribution is -2.37. The van der Waals surface area contributed by atoms with Crippen molar-refractivity contribution in [2.75, 3.05) is 0 Å². The summed E-state index contributed by atoms with van der Waals surface area (Å²) in [5.74, 6) is -7.58. The van der Waals surface area contributed by atoms with E-state index < -0.39 is 72.8 Å². The van der Waals surface area contributed by atoms with Gasteiger partial charge in [0, 0.05) is 37.2 Å². The number of aryl methyl sites for hydroxylation is 1. The van der Waals surface area contributed by atoms with E-state index in [1.807, 2.05) is 0 Å². The SMILES string of the molecule is CCc1nonc1C(=O)NC(c1cn2ccc(C(CC(F)F)C(=O)OC(C)(C)C)c(F)c2n1)C1CCC(F)(F)CC1. The number of ether oxygens (including phenoxy) is 1. The number of nitrogens with zero attached hydrogens (tertiary/aromatic N) is 4. The summed E-state index contributed by atoms with van der Waals surface area (Å²) in [4.78, 5) is 30.2. The van der Waals surface area contributed by atoms with Crippen LogP contribution in [0.15, 0.2) is 23.1 Å². The molecular formula is C27H32F5N5O4. The Morgan fingerprint density at radius 1 is 1.22 bits per heavy atom. The van der Waals surface area contributed by atoms with Gasteiger partial charge in [-0.3, -0.25) is 9.59 Å². The third-order valence-corrected chi connectivity index (χ3v) is 7.04. The van der Waals surface area contributed by atoms with Gasteiger partial charge in [-0.1, -0.05) is 12.1 Å². The van der Waals surface area contributed by atoms with Crippen molar-refractivity contribution in [1.29, 1.82) is 0 Å². The summed E-state index contributed by atoms with van der Waals surface area (Å²) in [7, 11) is 0. The van der Waals surface area contributed by atoms with E-state index in [-0.39, 0.29) is 35.4 Å². The molecule has 0 saturated heterocycles. The van der Waals surface area contributed by atoms with Gasteiger partial charge in [-0.25, -0.2) is 31.6 Å². The number of alkyl halides is 4. The average Bonchev–Trinajstić information content (AvgIpc) is 3.53. The van der Waals surface area contributed by atoms with E-state index >= 15 is 4.39 Å². The molecular weight excluding hydrogens is 553 g/mol. The summed E-state index contributed by atoms with van der Waals surface area (Å²) in [5, 5.41) is 10.1. The number of hydrogen-bond donors (Lipinski definition) is 1. The van der Waals surface area contributed by atoms with Crippen LogP contribution in [0.3, 0.4) is 0 Å². The number of pyridine rings is 1. The maximum atomic E-state index is 15.8. The van der Waals surface area contributed by atoms with Crippen molar-refractivity contribution >= 4 is 17.5 Å². The highest BCUT2D eigenvalue weighted by Crippen LogP contribution is 2.41. The molecule has 1 aliphatic carbocycles. The molecule has 41 heavy (non-hydrogen) atoms. The van der Waals surface area contributed by atoms with Crippen LogP contribution in [0.2, 0.25) is 0 Å². The lowest BCUT2D eigenvalue weighted by atomic mass is 9.81. The molecule has 1 N–H and O–H groups in total. The van der Waals surface area contributed by atoms with Crippen LogP contribution in [-0.2, 0) is 16.0 Å². The zero-order chi connectivity index (χ0) is 30.1. The molecule has 0 bridgehead atoms. The Morgan fingerprint density at radius 2 is 1.90 bits per heavy atom. The zero-order valence-corrected chi connectivity index (χ0v) is 23.1.